The highest BCUT2D eigenvalue weighted by molar-refractivity contribution is 9.10. The zero-order valence-corrected chi connectivity index (χ0v) is 17.9. The van der Waals surface area contributed by atoms with E-state index >= 15 is 0 Å². The number of sulfonamides is 1. The van der Waals surface area contributed by atoms with Crippen LogP contribution in [0.5, 0.6) is 5.75 Å². The second-order valence-electron chi connectivity index (χ2n) is 6.09. The Morgan fingerprint density at radius 3 is 2.20 bits per heavy atom. The monoisotopic (exact) mass is 496 g/mol. The van der Waals surface area contributed by atoms with Crippen LogP contribution < -0.4 is 14.8 Å². The van der Waals surface area contributed by atoms with Crippen molar-refractivity contribution in [1.29, 1.82) is 0 Å². The largest absolute Gasteiger partial charge is 0.495 e. The average Bonchev–Trinajstić information content (AvgIpc) is 2.68. The first-order chi connectivity index (χ1) is 14.2. The summed E-state index contributed by atoms with van der Waals surface area (Å²) in [6.45, 7) is 0. The number of rotatable bonds is 6. The summed E-state index contributed by atoms with van der Waals surface area (Å²) >= 11 is 3.27. The number of halogens is 3. The summed E-state index contributed by atoms with van der Waals surface area (Å²) in [7, 11) is -2.65. The maximum Gasteiger partial charge on any atom is 0.261 e. The molecule has 0 saturated heterocycles. The fourth-order valence-corrected chi connectivity index (χ4v) is 3.91. The van der Waals surface area contributed by atoms with Crippen molar-refractivity contribution in [2.45, 2.75) is 4.90 Å². The van der Waals surface area contributed by atoms with E-state index in [1.807, 2.05) is 0 Å². The Balaban J connectivity index is 1.91. The summed E-state index contributed by atoms with van der Waals surface area (Å²) in [4.78, 5) is 12.3. The number of ether oxygens (including phenoxy) is 1. The molecule has 3 aromatic rings. The zero-order valence-electron chi connectivity index (χ0n) is 15.4. The van der Waals surface area contributed by atoms with Crippen LogP contribution in [0.1, 0.15) is 10.4 Å². The number of hydrogen-bond acceptors (Lipinski definition) is 4. The van der Waals surface area contributed by atoms with E-state index in [0.717, 1.165) is 16.6 Å². The number of nitrogens with one attached hydrogen (secondary N) is 2. The number of carbonyl (C=O) groups is 1. The highest BCUT2D eigenvalue weighted by Crippen LogP contribution is 2.29. The van der Waals surface area contributed by atoms with Gasteiger partial charge in [0.2, 0.25) is 0 Å². The highest BCUT2D eigenvalue weighted by atomic mass is 79.9. The van der Waals surface area contributed by atoms with E-state index in [4.69, 9.17) is 4.74 Å². The van der Waals surface area contributed by atoms with Crippen molar-refractivity contribution in [3.63, 3.8) is 0 Å². The molecular weight excluding hydrogens is 482 g/mol. The topological polar surface area (TPSA) is 84.5 Å². The van der Waals surface area contributed by atoms with E-state index in [0.29, 0.717) is 11.8 Å². The molecule has 0 bridgehead atoms. The molecule has 0 radical (unpaired) electrons. The third kappa shape index (κ3) is 5.14. The van der Waals surface area contributed by atoms with Crippen LogP contribution in [0.3, 0.4) is 0 Å². The lowest BCUT2D eigenvalue weighted by Gasteiger charge is -2.13. The van der Waals surface area contributed by atoms with Gasteiger partial charge < -0.3 is 10.1 Å². The maximum atomic E-state index is 13.4. The van der Waals surface area contributed by atoms with E-state index in [1.165, 1.54) is 25.3 Å². The van der Waals surface area contributed by atoms with Crippen molar-refractivity contribution in [1.82, 2.24) is 0 Å². The zero-order chi connectivity index (χ0) is 21.9. The SMILES string of the molecule is COc1ccc(S(=O)(=O)Nc2ccc(Br)cc2)cc1NC(=O)c1cc(F)cc(F)c1. The van der Waals surface area contributed by atoms with E-state index in [2.05, 4.69) is 26.0 Å². The molecule has 2 N–H and O–H groups in total. The number of carbonyl (C=O) groups excluding carboxylic acids is 1. The Morgan fingerprint density at radius 2 is 1.60 bits per heavy atom. The summed E-state index contributed by atoms with van der Waals surface area (Å²) in [6.07, 6.45) is 0. The first-order valence-electron chi connectivity index (χ1n) is 8.42. The number of benzene rings is 3. The van der Waals surface area contributed by atoms with Gasteiger partial charge >= 0.3 is 0 Å². The van der Waals surface area contributed by atoms with Crippen molar-refractivity contribution in [3.8, 4) is 5.75 Å². The second-order valence-corrected chi connectivity index (χ2v) is 8.68. The standard InChI is InChI=1S/C20H15BrF2N2O4S/c1-29-19-7-6-17(30(27,28)25-16-4-2-13(21)3-5-16)11-18(19)24-20(26)12-8-14(22)10-15(23)9-12/h2-11,25H,1H3,(H,24,26). The van der Waals surface area contributed by atoms with Crippen LogP contribution in [0, 0.1) is 11.6 Å². The van der Waals surface area contributed by atoms with E-state index in [1.54, 1.807) is 24.3 Å². The molecule has 6 nitrogen and oxygen atoms in total. The lowest BCUT2D eigenvalue weighted by molar-refractivity contribution is 0.102. The number of hydrogen-bond donors (Lipinski definition) is 2. The van der Waals surface area contributed by atoms with E-state index < -0.39 is 27.6 Å². The molecule has 0 spiro atoms. The van der Waals surface area contributed by atoms with Crippen molar-refractivity contribution >= 4 is 43.2 Å². The van der Waals surface area contributed by atoms with Gasteiger partial charge in [0, 0.05) is 21.8 Å². The molecular formula is C20H15BrF2N2O4S. The van der Waals surface area contributed by atoms with E-state index in [9.17, 15) is 22.0 Å². The van der Waals surface area contributed by atoms with Gasteiger partial charge in [-0.15, -0.1) is 0 Å². The van der Waals surface area contributed by atoms with Crippen molar-refractivity contribution in [2.24, 2.45) is 0 Å². The molecule has 0 aliphatic carbocycles. The Bertz CT molecular complexity index is 1180. The number of methoxy groups -OCH3 is 1. The Labute approximate surface area is 180 Å². The van der Waals surface area contributed by atoms with Gasteiger partial charge in [0.1, 0.15) is 17.4 Å². The van der Waals surface area contributed by atoms with Crippen LogP contribution in [0.4, 0.5) is 20.2 Å². The predicted molar refractivity (Wildman–Crippen MR) is 112 cm³/mol. The Morgan fingerprint density at radius 1 is 0.967 bits per heavy atom. The van der Waals surface area contributed by atoms with Gasteiger partial charge in [-0.25, -0.2) is 17.2 Å². The van der Waals surface area contributed by atoms with Crippen LogP contribution in [0.15, 0.2) is 70.0 Å². The van der Waals surface area contributed by atoms with Gasteiger partial charge in [0.05, 0.1) is 17.7 Å². The number of amides is 1. The summed E-state index contributed by atoms with van der Waals surface area (Å²) in [5, 5.41) is 2.42. The summed E-state index contributed by atoms with van der Waals surface area (Å²) in [5.41, 5.74) is 0.0940. The molecule has 1 amide bonds. The molecule has 3 rings (SSSR count). The highest BCUT2D eigenvalue weighted by Gasteiger charge is 2.19. The van der Waals surface area contributed by atoms with Gasteiger partial charge in [-0.2, -0.15) is 0 Å². The third-order valence-corrected chi connectivity index (χ3v) is 5.86. The molecule has 0 fully saturated rings. The van der Waals surface area contributed by atoms with Gasteiger partial charge in [-0.1, -0.05) is 15.9 Å². The van der Waals surface area contributed by atoms with Gasteiger partial charge in [-0.3, -0.25) is 9.52 Å². The summed E-state index contributed by atoms with van der Waals surface area (Å²) in [6, 6.07) is 12.7. The molecule has 0 unspecified atom stereocenters. The fourth-order valence-electron chi connectivity index (χ4n) is 2.56. The van der Waals surface area contributed by atoms with Crippen LogP contribution in [-0.2, 0) is 10.0 Å². The normalized spacial score (nSPS) is 11.1. The number of anilines is 2. The molecule has 30 heavy (non-hydrogen) atoms. The fraction of sp³-hybridized carbons (Fsp3) is 0.0500. The lowest BCUT2D eigenvalue weighted by Crippen LogP contribution is -2.16. The first kappa shape index (κ1) is 21.7. The minimum Gasteiger partial charge on any atom is -0.495 e. The van der Waals surface area contributed by atoms with Crippen LogP contribution in [-0.4, -0.2) is 21.4 Å². The smallest absolute Gasteiger partial charge is 0.261 e. The molecule has 0 aromatic heterocycles. The van der Waals surface area contributed by atoms with Crippen LogP contribution >= 0.6 is 15.9 Å². The molecule has 0 heterocycles. The summed E-state index contributed by atoms with van der Waals surface area (Å²) in [5.74, 6) is -2.49. The molecule has 0 aliphatic heterocycles. The predicted octanol–water partition coefficient (Wildman–Crippen LogP) is 4.79. The molecule has 156 valence electrons. The molecule has 0 aliphatic rings. The minimum atomic E-state index is -3.98. The van der Waals surface area contributed by atoms with Gasteiger partial charge in [0.25, 0.3) is 15.9 Å². The Hall–Kier alpha value is -2.98. The quantitative estimate of drug-likeness (QED) is 0.513. The molecule has 10 heteroatoms. The van der Waals surface area contributed by atoms with Crippen molar-refractivity contribution < 1.29 is 26.7 Å². The minimum absolute atomic E-state index is 0.0193. The lowest BCUT2D eigenvalue weighted by atomic mass is 10.2. The van der Waals surface area contributed by atoms with Crippen molar-refractivity contribution in [2.75, 3.05) is 17.1 Å². The molecule has 3 aromatic carbocycles. The van der Waals surface area contributed by atoms with Crippen molar-refractivity contribution in [3.05, 3.63) is 82.3 Å². The average molecular weight is 497 g/mol. The first-order valence-corrected chi connectivity index (χ1v) is 10.7. The molecule has 0 saturated carbocycles. The second kappa shape index (κ2) is 8.80. The summed E-state index contributed by atoms with van der Waals surface area (Å²) < 4.78 is 60.6. The van der Waals surface area contributed by atoms with Crippen LogP contribution in [0.25, 0.3) is 0 Å². The molecule has 0 atom stereocenters. The maximum absolute atomic E-state index is 13.4. The van der Waals surface area contributed by atoms with Gasteiger partial charge in [0.15, 0.2) is 0 Å². The van der Waals surface area contributed by atoms with Gasteiger partial charge in [-0.05, 0) is 54.6 Å². The Kier molecular flexibility index (Phi) is 6.37. The van der Waals surface area contributed by atoms with E-state index in [-0.39, 0.29) is 21.9 Å². The third-order valence-electron chi connectivity index (χ3n) is 3.95. The van der Waals surface area contributed by atoms with Crippen LogP contribution in [0.2, 0.25) is 0 Å².